The maximum Gasteiger partial charge on any atom is 0.244 e. The Labute approximate surface area is 155 Å². The molecule has 1 aliphatic rings. The van der Waals surface area contributed by atoms with Gasteiger partial charge in [0.2, 0.25) is 5.91 Å². The van der Waals surface area contributed by atoms with Crippen molar-refractivity contribution in [3.63, 3.8) is 0 Å². The first-order chi connectivity index (χ1) is 11.5. The van der Waals surface area contributed by atoms with Gasteiger partial charge in [0.05, 0.1) is 6.54 Å². The summed E-state index contributed by atoms with van der Waals surface area (Å²) in [6.45, 7) is 5.49. The van der Waals surface area contributed by atoms with Gasteiger partial charge in [0.1, 0.15) is 17.5 Å². The normalized spacial score (nSPS) is 14.8. The van der Waals surface area contributed by atoms with Crippen LogP contribution in [0, 0.1) is 5.92 Å². The topological polar surface area (TPSA) is 72.4 Å². The van der Waals surface area contributed by atoms with Crippen molar-refractivity contribution in [1.82, 2.24) is 9.88 Å². The molecule has 136 valence electrons. The monoisotopic (exact) mass is 363 g/mol. The summed E-state index contributed by atoms with van der Waals surface area (Å²) in [6, 6.07) is 8.86. The number of hydrogen-bond acceptors (Lipinski definition) is 4. The van der Waals surface area contributed by atoms with Gasteiger partial charge in [-0.05, 0) is 17.9 Å². The van der Waals surface area contributed by atoms with E-state index in [0.29, 0.717) is 25.4 Å². The predicted molar refractivity (Wildman–Crippen MR) is 99.4 cm³/mol. The van der Waals surface area contributed by atoms with Crippen molar-refractivity contribution < 1.29 is 9.21 Å². The minimum Gasteiger partial charge on any atom is -0.445 e. The van der Waals surface area contributed by atoms with E-state index >= 15 is 0 Å². The van der Waals surface area contributed by atoms with Gasteiger partial charge in [-0.2, -0.15) is 0 Å². The Kier molecular flexibility index (Phi) is 6.62. The van der Waals surface area contributed by atoms with Gasteiger partial charge in [-0.15, -0.1) is 12.4 Å². The van der Waals surface area contributed by atoms with Crippen LogP contribution in [0.25, 0.3) is 0 Å². The molecule has 6 heteroatoms. The molecule has 0 spiro atoms. The zero-order chi connectivity index (χ0) is 17.1. The van der Waals surface area contributed by atoms with Crippen LogP contribution in [0.15, 0.2) is 34.7 Å². The Morgan fingerprint density at radius 1 is 1.32 bits per heavy atom. The van der Waals surface area contributed by atoms with Crippen LogP contribution in [0.1, 0.15) is 49.2 Å². The standard InChI is InChI=1S/C19H25N3O2.ClH/c1-13(2)8-9-17-21-15-12-22(11-10-16(15)24-17)19(23)18(20)14-6-4-3-5-7-14;/h3-7,13,18H,8-12,20H2,1-2H3;1H/t18-;/m1./s1. The summed E-state index contributed by atoms with van der Waals surface area (Å²) in [6.07, 6.45) is 2.61. The molecule has 1 aliphatic heterocycles. The van der Waals surface area contributed by atoms with Crippen LogP contribution in [0.2, 0.25) is 0 Å². The fourth-order valence-electron chi connectivity index (χ4n) is 2.96. The maximum absolute atomic E-state index is 12.7. The van der Waals surface area contributed by atoms with Crippen molar-refractivity contribution in [2.75, 3.05) is 6.54 Å². The van der Waals surface area contributed by atoms with E-state index in [1.807, 2.05) is 30.3 Å². The van der Waals surface area contributed by atoms with Gasteiger partial charge in [-0.1, -0.05) is 44.2 Å². The lowest BCUT2D eigenvalue weighted by Crippen LogP contribution is -2.41. The highest BCUT2D eigenvalue weighted by molar-refractivity contribution is 5.85. The van der Waals surface area contributed by atoms with E-state index < -0.39 is 6.04 Å². The first-order valence-electron chi connectivity index (χ1n) is 8.61. The van der Waals surface area contributed by atoms with Gasteiger partial charge in [0.25, 0.3) is 0 Å². The first-order valence-corrected chi connectivity index (χ1v) is 8.61. The highest BCUT2D eigenvalue weighted by atomic mass is 35.5. The summed E-state index contributed by atoms with van der Waals surface area (Å²) in [5, 5.41) is 0. The molecule has 0 unspecified atom stereocenters. The maximum atomic E-state index is 12.7. The number of carbonyl (C=O) groups is 1. The Bertz CT molecular complexity index is 700. The van der Waals surface area contributed by atoms with E-state index in [4.69, 9.17) is 10.2 Å². The Morgan fingerprint density at radius 2 is 2.04 bits per heavy atom. The Hall–Kier alpha value is -1.85. The van der Waals surface area contributed by atoms with E-state index in [2.05, 4.69) is 18.8 Å². The lowest BCUT2D eigenvalue weighted by atomic mass is 10.0. The second-order valence-electron chi connectivity index (χ2n) is 6.81. The molecule has 0 saturated heterocycles. The van der Waals surface area contributed by atoms with E-state index in [1.54, 1.807) is 4.90 Å². The smallest absolute Gasteiger partial charge is 0.244 e. The Balaban J connectivity index is 0.00000225. The summed E-state index contributed by atoms with van der Waals surface area (Å²) >= 11 is 0. The van der Waals surface area contributed by atoms with Gasteiger partial charge in [0.15, 0.2) is 5.89 Å². The molecule has 3 rings (SSSR count). The van der Waals surface area contributed by atoms with Crippen LogP contribution in [0.5, 0.6) is 0 Å². The molecule has 5 nitrogen and oxygen atoms in total. The van der Waals surface area contributed by atoms with Gasteiger partial charge in [-0.25, -0.2) is 4.98 Å². The number of halogens is 1. The van der Waals surface area contributed by atoms with Crippen LogP contribution in [-0.2, 0) is 24.2 Å². The Morgan fingerprint density at radius 3 is 2.72 bits per heavy atom. The molecule has 2 N–H and O–H groups in total. The number of amides is 1. The molecule has 0 saturated carbocycles. The van der Waals surface area contributed by atoms with Gasteiger partial charge >= 0.3 is 0 Å². The number of aromatic nitrogens is 1. The molecule has 2 aromatic rings. The second-order valence-corrected chi connectivity index (χ2v) is 6.81. The van der Waals surface area contributed by atoms with Crippen molar-refractivity contribution in [2.24, 2.45) is 11.7 Å². The molecule has 2 heterocycles. The summed E-state index contributed by atoms with van der Waals surface area (Å²) in [5.41, 5.74) is 7.86. The minimum absolute atomic E-state index is 0. The lowest BCUT2D eigenvalue weighted by molar-refractivity contribution is -0.133. The van der Waals surface area contributed by atoms with Crippen molar-refractivity contribution >= 4 is 18.3 Å². The average molecular weight is 364 g/mol. The highest BCUT2D eigenvalue weighted by Gasteiger charge is 2.28. The molecule has 1 aromatic carbocycles. The largest absolute Gasteiger partial charge is 0.445 e. The van der Waals surface area contributed by atoms with E-state index in [1.165, 1.54) is 0 Å². The third-order valence-electron chi connectivity index (χ3n) is 4.44. The van der Waals surface area contributed by atoms with Crippen LogP contribution < -0.4 is 5.73 Å². The number of nitrogens with zero attached hydrogens (tertiary/aromatic N) is 2. The van der Waals surface area contributed by atoms with E-state index in [9.17, 15) is 4.79 Å². The predicted octanol–water partition coefficient (Wildman–Crippen LogP) is 3.27. The zero-order valence-electron chi connectivity index (χ0n) is 14.8. The van der Waals surface area contributed by atoms with Crippen LogP contribution in [-0.4, -0.2) is 22.3 Å². The summed E-state index contributed by atoms with van der Waals surface area (Å²) < 4.78 is 5.85. The van der Waals surface area contributed by atoms with Gasteiger partial charge in [-0.3, -0.25) is 4.79 Å². The van der Waals surface area contributed by atoms with Crippen molar-refractivity contribution in [2.45, 2.75) is 45.7 Å². The molecule has 1 aromatic heterocycles. The number of rotatable bonds is 5. The van der Waals surface area contributed by atoms with E-state index in [-0.39, 0.29) is 18.3 Å². The number of fused-ring (bicyclic) bond motifs is 1. The van der Waals surface area contributed by atoms with Crippen LogP contribution in [0.4, 0.5) is 0 Å². The second kappa shape index (κ2) is 8.50. The molecule has 1 amide bonds. The molecule has 0 aliphatic carbocycles. The van der Waals surface area contributed by atoms with Gasteiger partial charge in [0, 0.05) is 19.4 Å². The molecule has 1 atom stereocenters. The number of aryl methyl sites for hydroxylation is 1. The van der Waals surface area contributed by atoms with Crippen molar-refractivity contribution in [3.8, 4) is 0 Å². The summed E-state index contributed by atoms with van der Waals surface area (Å²) in [5.74, 6) is 2.27. The van der Waals surface area contributed by atoms with Gasteiger partial charge < -0.3 is 15.1 Å². The number of benzene rings is 1. The quantitative estimate of drug-likeness (QED) is 0.884. The number of hydrogen-bond donors (Lipinski definition) is 1. The summed E-state index contributed by atoms with van der Waals surface area (Å²) in [7, 11) is 0. The summed E-state index contributed by atoms with van der Waals surface area (Å²) in [4.78, 5) is 19.0. The third kappa shape index (κ3) is 4.61. The molecular weight excluding hydrogens is 338 g/mol. The van der Waals surface area contributed by atoms with E-state index in [0.717, 1.165) is 35.7 Å². The number of nitrogens with two attached hydrogens (primary N) is 1. The lowest BCUT2D eigenvalue weighted by Gasteiger charge is -2.28. The third-order valence-corrected chi connectivity index (χ3v) is 4.44. The number of carbonyl (C=O) groups excluding carboxylic acids is 1. The fourth-order valence-corrected chi connectivity index (χ4v) is 2.96. The number of oxazole rings is 1. The zero-order valence-corrected chi connectivity index (χ0v) is 15.6. The molecule has 0 radical (unpaired) electrons. The molecule has 0 fully saturated rings. The SMILES string of the molecule is CC(C)CCc1nc2c(o1)CCN(C(=O)[C@H](N)c1ccccc1)C2.Cl. The molecular formula is C19H26ClN3O2. The molecule has 25 heavy (non-hydrogen) atoms. The van der Waals surface area contributed by atoms with Crippen LogP contribution >= 0.6 is 12.4 Å². The fraction of sp³-hybridized carbons (Fsp3) is 0.474. The first kappa shape index (κ1) is 19.5. The average Bonchev–Trinajstić information content (AvgIpc) is 3.01. The highest BCUT2D eigenvalue weighted by Crippen LogP contribution is 2.23. The van der Waals surface area contributed by atoms with Crippen molar-refractivity contribution in [1.29, 1.82) is 0 Å². The minimum atomic E-state index is -0.625. The molecule has 0 bridgehead atoms. The van der Waals surface area contributed by atoms with Crippen molar-refractivity contribution in [3.05, 3.63) is 53.2 Å². The van der Waals surface area contributed by atoms with Crippen LogP contribution in [0.3, 0.4) is 0 Å².